The van der Waals surface area contributed by atoms with Crippen LogP contribution in [0.4, 0.5) is 10.1 Å². The molecule has 0 unspecified atom stereocenters. The van der Waals surface area contributed by atoms with Crippen LogP contribution in [-0.2, 0) is 20.1 Å². The number of aryl methyl sites for hydroxylation is 3. The van der Waals surface area contributed by atoms with Gasteiger partial charge in [-0.3, -0.25) is 9.69 Å². The molecule has 3 heterocycles. The molecule has 2 aromatic heterocycles. The number of fused-ring (bicyclic) bond motifs is 2. The molecule has 2 aromatic carbocycles. The van der Waals surface area contributed by atoms with E-state index in [1.165, 1.54) is 34.4 Å². The van der Waals surface area contributed by atoms with Gasteiger partial charge in [-0.05, 0) is 37.6 Å². The summed E-state index contributed by atoms with van der Waals surface area (Å²) in [6.07, 6.45) is 1.35. The highest BCUT2D eigenvalue weighted by Crippen LogP contribution is 2.28. The van der Waals surface area contributed by atoms with Gasteiger partial charge in [0, 0.05) is 74.5 Å². The van der Waals surface area contributed by atoms with E-state index in [2.05, 4.69) is 47.7 Å². The first-order valence-electron chi connectivity index (χ1n) is 11.9. The molecule has 0 bridgehead atoms. The number of pyridine rings is 1. The molecule has 0 amide bonds. The highest BCUT2D eigenvalue weighted by atomic mass is 19.1. The Hall–Kier alpha value is -3.65. The number of rotatable bonds is 5. The zero-order chi connectivity index (χ0) is 24.9. The minimum absolute atomic E-state index is 0.0953. The number of hydrogen-bond acceptors (Lipinski definition) is 4. The molecule has 0 saturated carbocycles. The second-order valence-corrected chi connectivity index (χ2v) is 9.19. The summed E-state index contributed by atoms with van der Waals surface area (Å²) in [6, 6.07) is 11.3. The number of aromatic carboxylic acids is 1. The van der Waals surface area contributed by atoms with E-state index in [1.54, 1.807) is 10.6 Å². The lowest BCUT2D eigenvalue weighted by atomic mass is 10.1. The third-order valence-electron chi connectivity index (χ3n) is 7.31. The van der Waals surface area contributed by atoms with Crippen molar-refractivity contribution in [3.8, 4) is 0 Å². The SMILES string of the molecule is CCn1cc(C(=O)O)c(=O)c2cc(F)c(N3CCN(Cc4c(C)c5ccccc5n4C)CC3)cc21. The maximum Gasteiger partial charge on any atom is 0.341 e. The van der Waals surface area contributed by atoms with Crippen LogP contribution >= 0.6 is 0 Å². The number of hydrogen-bond donors (Lipinski definition) is 1. The average molecular weight is 477 g/mol. The van der Waals surface area contributed by atoms with Crippen molar-refractivity contribution in [2.75, 3.05) is 31.1 Å². The number of anilines is 1. The van der Waals surface area contributed by atoms with Gasteiger partial charge in [-0.25, -0.2) is 9.18 Å². The van der Waals surface area contributed by atoms with E-state index < -0.39 is 17.2 Å². The Labute approximate surface area is 202 Å². The van der Waals surface area contributed by atoms with E-state index in [-0.39, 0.29) is 10.9 Å². The number of para-hydroxylation sites is 1. The molecule has 35 heavy (non-hydrogen) atoms. The van der Waals surface area contributed by atoms with E-state index in [1.807, 2.05) is 11.8 Å². The third kappa shape index (κ3) is 3.87. The molecule has 0 aliphatic carbocycles. The van der Waals surface area contributed by atoms with Crippen LogP contribution in [0.2, 0.25) is 0 Å². The van der Waals surface area contributed by atoms with E-state index in [9.17, 15) is 14.7 Å². The summed E-state index contributed by atoms with van der Waals surface area (Å²) in [6.45, 7) is 8.24. The Morgan fingerprint density at radius 1 is 1.06 bits per heavy atom. The second-order valence-electron chi connectivity index (χ2n) is 9.19. The summed E-state index contributed by atoms with van der Waals surface area (Å²) in [4.78, 5) is 28.5. The van der Waals surface area contributed by atoms with Gasteiger partial charge in [-0.2, -0.15) is 0 Å². The topological polar surface area (TPSA) is 70.7 Å². The third-order valence-corrected chi connectivity index (χ3v) is 7.31. The van der Waals surface area contributed by atoms with Crippen LogP contribution in [0.1, 0.15) is 28.5 Å². The Morgan fingerprint density at radius 3 is 2.43 bits per heavy atom. The molecule has 8 heteroatoms. The van der Waals surface area contributed by atoms with Crippen molar-refractivity contribution >= 4 is 33.5 Å². The average Bonchev–Trinajstić information content (AvgIpc) is 3.09. The molecule has 1 saturated heterocycles. The molecule has 1 aliphatic rings. The smallest absolute Gasteiger partial charge is 0.341 e. The molecule has 0 spiro atoms. The van der Waals surface area contributed by atoms with E-state index in [0.29, 0.717) is 30.8 Å². The highest BCUT2D eigenvalue weighted by molar-refractivity contribution is 5.93. The fraction of sp³-hybridized carbons (Fsp3) is 0.333. The van der Waals surface area contributed by atoms with Crippen molar-refractivity contribution in [2.45, 2.75) is 26.9 Å². The normalized spacial score (nSPS) is 14.8. The predicted octanol–water partition coefficient (Wildman–Crippen LogP) is 3.98. The maximum absolute atomic E-state index is 15.2. The minimum Gasteiger partial charge on any atom is -0.477 e. The highest BCUT2D eigenvalue weighted by Gasteiger charge is 2.24. The van der Waals surface area contributed by atoms with Gasteiger partial charge in [0.05, 0.1) is 11.2 Å². The first kappa shape index (κ1) is 23.1. The summed E-state index contributed by atoms with van der Waals surface area (Å²) < 4.78 is 19.1. The van der Waals surface area contributed by atoms with Gasteiger partial charge in [0.15, 0.2) is 0 Å². The largest absolute Gasteiger partial charge is 0.477 e. The van der Waals surface area contributed by atoms with Crippen molar-refractivity contribution in [1.82, 2.24) is 14.0 Å². The number of carbonyl (C=O) groups is 1. The number of carboxylic acids is 1. The number of halogens is 1. The van der Waals surface area contributed by atoms with Gasteiger partial charge in [-0.15, -0.1) is 0 Å². The van der Waals surface area contributed by atoms with Crippen molar-refractivity contribution in [3.63, 3.8) is 0 Å². The molecule has 4 aromatic rings. The standard InChI is InChI=1S/C27H29FN4O3/c1-4-31-15-20(27(34)35)26(33)19-13-21(28)24(14-23(19)31)32-11-9-30(10-12-32)16-25-17(2)18-7-5-6-8-22(18)29(25)3/h5-8,13-15H,4,9-12,16H2,1-3H3,(H,34,35). The lowest BCUT2D eigenvalue weighted by molar-refractivity contribution is 0.0695. The fourth-order valence-electron chi connectivity index (χ4n) is 5.27. The lowest BCUT2D eigenvalue weighted by Crippen LogP contribution is -2.46. The van der Waals surface area contributed by atoms with Crippen LogP contribution in [0, 0.1) is 12.7 Å². The predicted molar refractivity (Wildman–Crippen MR) is 136 cm³/mol. The summed E-state index contributed by atoms with van der Waals surface area (Å²) >= 11 is 0. The monoisotopic (exact) mass is 476 g/mol. The molecule has 5 rings (SSSR count). The van der Waals surface area contributed by atoms with Gasteiger partial charge in [0.1, 0.15) is 11.4 Å². The van der Waals surface area contributed by atoms with Gasteiger partial charge >= 0.3 is 5.97 Å². The molecule has 182 valence electrons. The van der Waals surface area contributed by atoms with Gasteiger partial charge in [0.25, 0.3) is 0 Å². The number of aromatic nitrogens is 2. The minimum atomic E-state index is -1.30. The molecule has 7 nitrogen and oxygen atoms in total. The van der Waals surface area contributed by atoms with E-state index >= 15 is 4.39 Å². The molecule has 0 atom stereocenters. The van der Waals surface area contributed by atoms with Crippen molar-refractivity contribution in [3.05, 3.63) is 75.5 Å². The summed E-state index contributed by atoms with van der Waals surface area (Å²) in [5.74, 6) is -1.81. The zero-order valence-electron chi connectivity index (χ0n) is 20.2. The number of piperazine rings is 1. The quantitative estimate of drug-likeness (QED) is 0.472. The first-order chi connectivity index (χ1) is 16.8. The Balaban J connectivity index is 1.39. The molecule has 1 aliphatic heterocycles. The molecule has 1 fully saturated rings. The van der Waals surface area contributed by atoms with Gasteiger partial charge < -0.3 is 19.1 Å². The lowest BCUT2D eigenvalue weighted by Gasteiger charge is -2.36. The number of carboxylic acid groups (broad SMARTS) is 1. The van der Waals surface area contributed by atoms with E-state index in [0.717, 1.165) is 19.6 Å². The summed E-state index contributed by atoms with van der Waals surface area (Å²) in [5.41, 5.74) is 3.81. The van der Waals surface area contributed by atoms with Gasteiger partial charge in [0.2, 0.25) is 5.43 Å². The van der Waals surface area contributed by atoms with Crippen LogP contribution in [0.25, 0.3) is 21.8 Å². The van der Waals surface area contributed by atoms with Crippen molar-refractivity contribution in [2.24, 2.45) is 7.05 Å². The number of benzene rings is 2. The number of nitrogens with zero attached hydrogens (tertiary/aromatic N) is 4. The van der Waals surface area contributed by atoms with Crippen LogP contribution in [0.3, 0.4) is 0 Å². The second kappa shape index (κ2) is 8.85. The maximum atomic E-state index is 15.2. The van der Waals surface area contributed by atoms with Crippen LogP contribution < -0.4 is 10.3 Å². The summed E-state index contributed by atoms with van der Waals surface area (Å²) in [7, 11) is 2.11. The molecule has 0 radical (unpaired) electrons. The first-order valence-corrected chi connectivity index (χ1v) is 11.9. The van der Waals surface area contributed by atoms with Gasteiger partial charge in [-0.1, -0.05) is 18.2 Å². The molecule has 1 N–H and O–H groups in total. The van der Waals surface area contributed by atoms with Crippen LogP contribution in [0.15, 0.2) is 47.4 Å². The van der Waals surface area contributed by atoms with Crippen molar-refractivity contribution < 1.29 is 14.3 Å². The van der Waals surface area contributed by atoms with Crippen molar-refractivity contribution in [1.29, 1.82) is 0 Å². The Kier molecular flexibility index (Phi) is 5.84. The molecular weight excluding hydrogens is 447 g/mol. The zero-order valence-corrected chi connectivity index (χ0v) is 20.2. The molecular formula is C27H29FN4O3. The van der Waals surface area contributed by atoms with Crippen LogP contribution in [0.5, 0.6) is 0 Å². The van der Waals surface area contributed by atoms with Crippen LogP contribution in [-0.4, -0.2) is 51.3 Å². The summed E-state index contributed by atoms with van der Waals surface area (Å²) in [5, 5.41) is 10.7. The Bertz CT molecular complexity index is 1470. The Morgan fingerprint density at radius 2 is 1.77 bits per heavy atom. The van der Waals surface area contributed by atoms with E-state index in [4.69, 9.17) is 0 Å². The fourth-order valence-corrected chi connectivity index (χ4v) is 5.27.